The molecule has 1 saturated heterocycles. The summed E-state index contributed by atoms with van der Waals surface area (Å²) in [6, 6.07) is 3.59. The van der Waals surface area contributed by atoms with Gasteiger partial charge in [0, 0.05) is 17.3 Å². The minimum absolute atomic E-state index is 0.00727. The van der Waals surface area contributed by atoms with E-state index in [1.54, 1.807) is 12.3 Å². The van der Waals surface area contributed by atoms with E-state index in [0.29, 0.717) is 12.4 Å². The van der Waals surface area contributed by atoms with Crippen molar-refractivity contribution in [2.45, 2.75) is 19.4 Å². The molecule has 2 unspecified atom stereocenters. The molecule has 0 spiro atoms. The van der Waals surface area contributed by atoms with E-state index in [0.717, 1.165) is 10.9 Å². The summed E-state index contributed by atoms with van der Waals surface area (Å²) in [5.41, 5.74) is 0. The monoisotopic (exact) mass is 284 g/mol. The third-order valence-corrected chi connectivity index (χ3v) is 3.18. The summed E-state index contributed by atoms with van der Waals surface area (Å²) in [4.78, 5) is 16.0. The Kier molecular flexibility index (Phi) is 3.56. The van der Waals surface area contributed by atoms with Crippen LogP contribution in [0.5, 0.6) is 0 Å². The highest BCUT2D eigenvalue weighted by Crippen LogP contribution is 2.22. The van der Waals surface area contributed by atoms with E-state index in [-0.39, 0.29) is 17.9 Å². The van der Waals surface area contributed by atoms with Gasteiger partial charge >= 0.3 is 0 Å². The van der Waals surface area contributed by atoms with Crippen LogP contribution in [0.3, 0.4) is 0 Å². The molecule has 1 aromatic rings. The molecule has 1 fully saturated rings. The van der Waals surface area contributed by atoms with Gasteiger partial charge in [0.25, 0.3) is 0 Å². The Labute approximate surface area is 103 Å². The first-order chi connectivity index (χ1) is 7.66. The minimum Gasteiger partial charge on any atom is -0.378 e. The second kappa shape index (κ2) is 4.93. The summed E-state index contributed by atoms with van der Waals surface area (Å²) in [5, 5.41) is 2.80. The smallest absolute Gasteiger partial charge is 0.231 e. The molecule has 1 aliphatic rings. The van der Waals surface area contributed by atoms with Gasteiger partial charge < -0.3 is 10.1 Å². The van der Waals surface area contributed by atoms with E-state index in [2.05, 4.69) is 26.2 Å². The summed E-state index contributed by atoms with van der Waals surface area (Å²) in [6.07, 6.45) is 2.42. The van der Waals surface area contributed by atoms with Crippen molar-refractivity contribution in [1.82, 2.24) is 4.98 Å². The van der Waals surface area contributed by atoms with Crippen molar-refractivity contribution < 1.29 is 9.53 Å². The van der Waals surface area contributed by atoms with Crippen molar-refractivity contribution in [3.05, 3.63) is 22.8 Å². The largest absolute Gasteiger partial charge is 0.378 e. The minimum atomic E-state index is -0.0687. The van der Waals surface area contributed by atoms with Crippen LogP contribution >= 0.6 is 15.9 Å². The summed E-state index contributed by atoms with van der Waals surface area (Å²) in [5.74, 6) is 0.481. The number of aromatic nitrogens is 1. The fourth-order valence-electron chi connectivity index (χ4n) is 1.77. The first-order valence-electron chi connectivity index (χ1n) is 5.21. The van der Waals surface area contributed by atoms with E-state index in [4.69, 9.17) is 4.74 Å². The normalized spacial score (nSPS) is 24.4. The fraction of sp³-hybridized carbons (Fsp3) is 0.455. The topological polar surface area (TPSA) is 51.2 Å². The molecule has 2 atom stereocenters. The number of hydrogen-bond donors (Lipinski definition) is 1. The predicted molar refractivity (Wildman–Crippen MR) is 64.1 cm³/mol. The van der Waals surface area contributed by atoms with Gasteiger partial charge in [0.15, 0.2) is 0 Å². The van der Waals surface area contributed by atoms with E-state index in [1.807, 2.05) is 13.0 Å². The van der Waals surface area contributed by atoms with Gasteiger partial charge in [-0.25, -0.2) is 4.98 Å². The Morgan fingerprint density at radius 3 is 3.12 bits per heavy atom. The van der Waals surface area contributed by atoms with Crippen molar-refractivity contribution in [1.29, 1.82) is 0 Å². The summed E-state index contributed by atoms with van der Waals surface area (Å²) in [6.45, 7) is 2.58. The average molecular weight is 285 g/mol. The first kappa shape index (κ1) is 11.5. The molecule has 1 N–H and O–H groups in total. The Morgan fingerprint density at radius 1 is 1.69 bits per heavy atom. The van der Waals surface area contributed by atoms with Gasteiger partial charge in [0.2, 0.25) is 5.91 Å². The van der Waals surface area contributed by atoms with Gasteiger partial charge in [-0.1, -0.05) is 15.9 Å². The van der Waals surface area contributed by atoms with Gasteiger partial charge in [0.05, 0.1) is 12.0 Å². The van der Waals surface area contributed by atoms with Crippen LogP contribution in [-0.4, -0.2) is 23.6 Å². The number of ether oxygens (including phenoxy) is 1. The molecule has 0 aliphatic carbocycles. The van der Waals surface area contributed by atoms with Crippen LogP contribution in [0.2, 0.25) is 0 Å². The number of anilines is 1. The van der Waals surface area contributed by atoms with Crippen molar-refractivity contribution in [2.24, 2.45) is 5.92 Å². The summed E-state index contributed by atoms with van der Waals surface area (Å²) < 4.78 is 6.25. The van der Waals surface area contributed by atoms with Gasteiger partial charge in [-0.3, -0.25) is 4.79 Å². The average Bonchev–Trinajstić information content (AvgIpc) is 2.64. The third kappa shape index (κ3) is 2.59. The number of rotatable bonds is 2. The Balaban J connectivity index is 2.02. The molecular weight excluding hydrogens is 272 g/mol. The number of carbonyl (C=O) groups excluding carboxylic acids is 1. The maximum Gasteiger partial charge on any atom is 0.231 e. The molecule has 0 aromatic carbocycles. The molecular formula is C11H13BrN2O2. The number of halogens is 1. The summed E-state index contributed by atoms with van der Waals surface area (Å²) in [7, 11) is 0. The Hall–Kier alpha value is -0.940. The van der Waals surface area contributed by atoms with Crippen molar-refractivity contribution in [3.8, 4) is 0 Å². The number of hydrogen-bond acceptors (Lipinski definition) is 3. The van der Waals surface area contributed by atoms with E-state index < -0.39 is 0 Å². The first-order valence-corrected chi connectivity index (χ1v) is 6.00. The van der Waals surface area contributed by atoms with Crippen LogP contribution in [-0.2, 0) is 9.53 Å². The van der Waals surface area contributed by atoms with Gasteiger partial charge in [0.1, 0.15) is 5.82 Å². The van der Waals surface area contributed by atoms with E-state index >= 15 is 0 Å². The molecule has 1 aliphatic heterocycles. The molecule has 0 radical (unpaired) electrons. The molecule has 0 saturated carbocycles. The highest BCUT2D eigenvalue weighted by molar-refractivity contribution is 9.10. The van der Waals surface area contributed by atoms with Crippen molar-refractivity contribution >= 4 is 27.7 Å². The number of amides is 1. The lowest BCUT2D eigenvalue weighted by molar-refractivity contribution is -0.121. The molecule has 86 valence electrons. The second-order valence-electron chi connectivity index (χ2n) is 3.82. The maximum absolute atomic E-state index is 11.9. The third-order valence-electron chi connectivity index (χ3n) is 2.69. The number of carbonyl (C=O) groups is 1. The maximum atomic E-state index is 11.9. The zero-order chi connectivity index (χ0) is 11.5. The molecule has 2 rings (SSSR count). The van der Waals surface area contributed by atoms with Crippen LogP contribution in [0.4, 0.5) is 5.82 Å². The molecule has 0 bridgehead atoms. The zero-order valence-corrected chi connectivity index (χ0v) is 10.5. The molecule has 16 heavy (non-hydrogen) atoms. The number of pyridine rings is 1. The molecule has 1 amide bonds. The van der Waals surface area contributed by atoms with E-state index in [9.17, 15) is 4.79 Å². The molecule has 2 heterocycles. The van der Waals surface area contributed by atoms with E-state index in [1.165, 1.54) is 0 Å². The lowest BCUT2D eigenvalue weighted by atomic mass is 10.0. The van der Waals surface area contributed by atoms with Crippen molar-refractivity contribution in [2.75, 3.05) is 11.9 Å². The summed E-state index contributed by atoms with van der Waals surface area (Å²) >= 11 is 3.33. The predicted octanol–water partition coefficient (Wildman–Crippen LogP) is 2.21. The number of nitrogens with zero attached hydrogens (tertiary/aromatic N) is 1. The van der Waals surface area contributed by atoms with Crippen LogP contribution in [0.1, 0.15) is 13.3 Å². The Morgan fingerprint density at radius 2 is 2.50 bits per heavy atom. The van der Waals surface area contributed by atoms with Crippen LogP contribution < -0.4 is 5.32 Å². The molecule has 4 nitrogen and oxygen atoms in total. The number of nitrogens with one attached hydrogen (secondary N) is 1. The Bertz CT molecular complexity index is 397. The standard InChI is InChI=1S/C11H13BrN2O2/c1-7-9(3-5-16-7)11(15)14-10-6-8(12)2-4-13-10/h2,4,6-7,9H,3,5H2,1H3,(H,13,14,15). The van der Waals surface area contributed by atoms with Gasteiger partial charge in [-0.15, -0.1) is 0 Å². The van der Waals surface area contributed by atoms with Gasteiger partial charge in [-0.05, 0) is 25.5 Å². The van der Waals surface area contributed by atoms with Crippen LogP contribution in [0.15, 0.2) is 22.8 Å². The van der Waals surface area contributed by atoms with Crippen LogP contribution in [0, 0.1) is 5.92 Å². The lowest BCUT2D eigenvalue weighted by Gasteiger charge is -2.13. The fourth-order valence-corrected chi connectivity index (χ4v) is 2.10. The van der Waals surface area contributed by atoms with Crippen LogP contribution in [0.25, 0.3) is 0 Å². The highest BCUT2D eigenvalue weighted by Gasteiger charge is 2.30. The molecule has 1 aromatic heterocycles. The van der Waals surface area contributed by atoms with Gasteiger partial charge in [-0.2, -0.15) is 0 Å². The molecule has 5 heteroatoms. The SMILES string of the molecule is CC1OCCC1C(=O)Nc1cc(Br)ccn1. The van der Waals surface area contributed by atoms with Crippen molar-refractivity contribution in [3.63, 3.8) is 0 Å². The highest BCUT2D eigenvalue weighted by atomic mass is 79.9. The lowest BCUT2D eigenvalue weighted by Crippen LogP contribution is -2.28. The zero-order valence-electron chi connectivity index (χ0n) is 8.94. The second-order valence-corrected chi connectivity index (χ2v) is 4.74. The quantitative estimate of drug-likeness (QED) is 0.906.